The smallest absolute Gasteiger partial charge is 0.258 e. The van der Waals surface area contributed by atoms with Gasteiger partial charge in [-0.2, -0.15) is 0 Å². The molecule has 0 spiro atoms. The summed E-state index contributed by atoms with van der Waals surface area (Å²) in [7, 11) is 1.67. The van der Waals surface area contributed by atoms with E-state index in [1.165, 1.54) is 10.1 Å². The maximum absolute atomic E-state index is 13.2. The van der Waals surface area contributed by atoms with E-state index in [0.29, 0.717) is 21.4 Å². The first kappa shape index (κ1) is 18.0. The molecule has 146 valence electrons. The Hall–Kier alpha value is -3.05. The number of nitrogens with one attached hydrogen (secondary N) is 2. The first-order valence-corrected chi connectivity index (χ1v) is 10.1. The van der Waals surface area contributed by atoms with Crippen molar-refractivity contribution in [1.82, 2.24) is 14.9 Å². The van der Waals surface area contributed by atoms with E-state index < -0.39 is 0 Å². The molecule has 5 rings (SSSR count). The number of aryl methyl sites for hydroxylation is 2. The third-order valence-corrected chi connectivity index (χ3v) is 6.05. The van der Waals surface area contributed by atoms with Crippen LogP contribution in [0, 0.1) is 0 Å². The molecular weight excluding hydrogens is 386 g/mol. The van der Waals surface area contributed by atoms with Crippen LogP contribution in [0.25, 0.3) is 21.7 Å². The van der Waals surface area contributed by atoms with E-state index in [2.05, 4.69) is 10.3 Å². The minimum absolute atomic E-state index is 0.103. The van der Waals surface area contributed by atoms with Crippen LogP contribution in [0.3, 0.4) is 0 Å². The fraction of sp³-hybridized carbons (Fsp3) is 0.217. The molecule has 2 heterocycles. The van der Waals surface area contributed by atoms with Gasteiger partial charge >= 0.3 is 0 Å². The van der Waals surface area contributed by atoms with Crippen LogP contribution in [0.5, 0.6) is 0 Å². The van der Waals surface area contributed by atoms with E-state index in [-0.39, 0.29) is 17.5 Å². The average molecular weight is 406 g/mol. The van der Waals surface area contributed by atoms with Gasteiger partial charge in [0.25, 0.3) is 11.5 Å². The van der Waals surface area contributed by atoms with Crippen LogP contribution in [-0.4, -0.2) is 15.5 Å². The summed E-state index contributed by atoms with van der Waals surface area (Å²) in [4.78, 5) is 29.1. The third-order valence-electron chi connectivity index (χ3n) is 5.81. The van der Waals surface area contributed by atoms with Crippen molar-refractivity contribution in [2.45, 2.75) is 25.3 Å². The second kappa shape index (κ2) is 6.78. The van der Waals surface area contributed by atoms with Gasteiger partial charge in [0.1, 0.15) is 0 Å². The largest absolute Gasteiger partial charge is 0.356 e. The molecule has 0 saturated heterocycles. The quantitative estimate of drug-likeness (QED) is 0.516. The lowest BCUT2D eigenvalue weighted by atomic mass is 9.91. The number of fused-ring (bicyclic) bond motifs is 4. The number of halogens is 1. The Morgan fingerprint density at radius 2 is 1.97 bits per heavy atom. The lowest BCUT2D eigenvalue weighted by Crippen LogP contribution is -2.32. The molecule has 1 amide bonds. The molecule has 5 nitrogen and oxygen atoms in total. The van der Waals surface area contributed by atoms with E-state index in [0.717, 1.165) is 35.9 Å². The molecule has 2 aromatic carbocycles. The number of carbonyl (C=O) groups is 1. The van der Waals surface area contributed by atoms with Gasteiger partial charge in [-0.05, 0) is 49.1 Å². The zero-order chi connectivity index (χ0) is 20.1. The predicted octanol–water partition coefficient (Wildman–Crippen LogP) is 4.48. The zero-order valence-electron chi connectivity index (χ0n) is 16.0. The number of carbonyl (C=O) groups excluding carboxylic acids is 1. The fourth-order valence-corrected chi connectivity index (χ4v) is 4.58. The van der Waals surface area contributed by atoms with Crippen LogP contribution in [-0.2, 0) is 13.5 Å². The Morgan fingerprint density at radius 1 is 1.17 bits per heavy atom. The van der Waals surface area contributed by atoms with Gasteiger partial charge in [-0.25, -0.2) is 0 Å². The molecule has 0 unspecified atom stereocenters. The minimum Gasteiger partial charge on any atom is -0.356 e. The number of benzene rings is 2. The van der Waals surface area contributed by atoms with Gasteiger partial charge in [-0.1, -0.05) is 29.8 Å². The number of nitrogens with zero attached hydrogens (tertiary/aromatic N) is 1. The van der Waals surface area contributed by atoms with Crippen LogP contribution >= 0.6 is 11.6 Å². The molecule has 29 heavy (non-hydrogen) atoms. The average Bonchev–Trinajstić information content (AvgIpc) is 3.09. The van der Waals surface area contributed by atoms with Gasteiger partial charge in [0, 0.05) is 45.6 Å². The summed E-state index contributed by atoms with van der Waals surface area (Å²) >= 11 is 6.19. The molecular formula is C23H20ClN3O2. The number of aromatic amines is 1. The summed E-state index contributed by atoms with van der Waals surface area (Å²) < 4.78 is 1.47. The molecule has 4 aromatic rings. The highest BCUT2D eigenvalue weighted by Gasteiger charge is 2.26. The van der Waals surface area contributed by atoms with Crippen molar-refractivity contribution in [3.63, 3.8) is 0 Å². The van der Waals surface area contributed by atoms with Crippen molar-refractivity contribution in [2.75, 3.05) is 0 Å². The first-order chi connectivity index (χ1) is 14.0. The number of aromatic nitrogens is 2. The molecule has 0 aliphatic heterocycles. The number of amides is 1. The number of hydrogen-bond donors (Lipinski definition) is 2. The molecule has 0 radical (unpaired) electrons. The lowest BCUT2D eigenvalue weighted by molar-refractivity contribution is 0.0933. The fourth-order valence-electron chi connectivity index (χ4n) is 4.41. The van der Waals surface area contributed by atoms with Gasteiger partial charge in [0.2, 0.25) is 0 Å². The second-order valence-corrected chi connectivity index (χ2v) is 8.07. The molecule has 1 atom stereocenters. The van der Waals surface area contributed by atoms with Crippen molar-refractivity contribution in [3.8, 4) is 0 Å². The van der Waals surface area contributed by atoms with Crippen molar-refractivity contribution in [3.05, 3.63) is 80.9 Å². The maximum atomic E-state index is 13.2. The van der Waals surface area contributed by atoms with Crippen LogP contribution in [0.4, 0.5) is 0 Å². The van der Waals surface area contributed by atoms with E-state index >= 15 is 0 Å². The molecule has 2 aromatic heterocycles. The number of pyridine rings is 1. The maximum Gasteiger partial charge on any atom is 0.258 e. The molecule has 1 aliphatic rings. The normalized spacial score (nSPS) is 16.1. The van der Waals surface area contributed by atoms with E-state index in [1.54, 1.807) is 19.3 Å². The molecule has 1 aliphatic carbocycles. The summed E-state index contributed by atoms with van der Waals surface area (Å²) in [6, 6.07) is 13.0. The summed E-state index contributed by atoms with van der Waals surface area (Å²) in [5, 5.41) is 6.24. The van der Waals surface area contributed by atoms with E-state index in [4.69, 9.17) is 11.6 Å². The van der Waals surface area contributed by atoms with Crippen LogP contribution in [0.2, 0.25) is 5.02 Å². The third kappa shape index (κ3) is 2.93. The Kier molecular flexibility index (Phi) is 4.21. The Bertz CT molecular complexity index is 1340. The van der Waals surface area contributed by atoms with E-state index in [9.17, 15) is 9.59 Å². The number of H-pyrrole nitrogens is 1. The first-order valence-electron chi connectivity index (χ1n) is 9.72. The number of hydrogen-bond acceptors (Lipinski definition) is 2. The molecule has 2 N–H and O–H groups in total. The highest BCUT2D eigenvalue weighted by atomic mass is 35.5. The van der Waals surface area contributed by atoms with Crippen LogP contribution in [0.15, 0.2) is 53.5 Å². The van der Waals surface area contributed by atoms with Gasteiger partial charge in [-0.15, -0.1) is 0 Å². The summed E-state index contributed by atoms with van der Waals surface area (Å²) in [5.41, 5.74) is 3.71. The monoisotopic (exact) mass is 405 g/mol. The van der Waals surface area contributed by atoms with E-state index in [1.807, 2.05) is 36.4 Å². The molecule has 0 fully saturated rings. The molecule has 0 bridgehead atoms. The Balaban J connectivity index is 1.55. The number of rotatable bonds is 2. The molecule has 0 saturated carbocycles. The van der Waals surface area contributed by atoms with Crippen molar-refractivity contribution < 1.29 is 4.79 Å². The van der Waals surface area contributed by atoms with Crippen molar-refractivity contribution in [2.24, 2.45) is 7.05 Å². The summed E-state index contributed by atoms with van der Waals surface area (Å²) in [5.74, 6) is -0.175. The minimum atomic E-state index is -0.175. The highest BCUT2D eigenvalue weighted by molar-refractivity contribution is 6.31. The highest BCUT2D eigenvalue weighted by Crippen LogP contribution is 2.36. The topological polar surface area (TPSA) is 66.9 Å². The summed E-state index contributed by atoms with van der Waals surface area (Å²) in [6.45, 7) is 0. The van der Waals surface area contributed by atoms with Gasteiger partial charge < -0.3 is 14.9 Å². The van der Waals surface area contributed by atoms with Gasteiger partial charge in [0.05, 0.1) is 11.6 Å². The lowest BCUT2D eigenvalue weighted by Gasteiger charge is -2.24. The van der Waals surface area contributed by atoms with Gasteiger partial charge in [-0.3, -0.25) is 9.59 Å². The summed E-state index contributed by atoms with van der Waals surface area (Å²) in [6.07, 6.45) is 4.44. The van der Waals surface area contributed by atoms with Gasteiger partial charge in [0.15, 0.2) is 0 Å². The van der Waals surface area contributed by atoms with Crippen molar-refractivity contribution >= 4 is 39.2 Å². The Morgan fingerprint density at radius 3 is 2.79 bits per heavy atom. The Labute approximate surface area is 172 Å². The standard InChI is InChI=1S/C23H20ClN3O2/c1-27-12-18(14-5-2-3-6-16(14)23(27)29)22(28)26-20-8-4-7-15-17-11-13(24)9-10-19(17)25-21(15)20/h2-3,5-6,9-12,20,25H,4,7-8H2,1H3,(H,26,28)/t20-/m1/s1. The van der Waals surface area contributed by atoms with Crippen molar-refractivity contribution in [1.29, 1.82) is 0 Å². The van der Waals surface area contributed by atoms with Crippen LogP contribution < -0.4 is 10.9 Å². The molecule has 6 heteroatoms. The van der Waals surface area contributed by atoms with Crippen LogP contribution in [0.1, 0.15) is 40.5 Å². The SMILES string of the molecule is Cn1cc(C(=O)N[C@@H]2CCCc3c2[nH]c2ccc(Cl)cc32)c2ccccc2c1=O. The second-order valence-electron chi connectivity index (χ2n) is 7.63. The predicted molar refractivity (Wildman–Crippen MR) is 116 cm³/mol. The zero-order valence-corrected chi connectivity index (χ0v) is 16.7.